The number of unbranched alkanes of at least 4 members (excludes halogenated alkanes) is 1. The summed E-state index contributed by atoms with van der Waals surface area (Å²) in [6.45, 7) is 8.53. The van der Waals surface area contributed by atoms with Crippen LogP contribution in [0.4, 0.5) is 0 Å². The summed E-state index contributed by atoms with van der Waals surface area (Å²) in [4.78, 5) is 6.77. The number of aliphatic imine (C=N–C) groups is 1. The first kappa shape index (κ1) is 19.4. The molecular formula is C20H30N6O. The van der Waals surface area contributed by atoms with Gasteiger partial charge in [0.05, 0.1) is 13.2 Å². The van der Waals surface area contributed by atoms with E-state index in [0.717, 1.165) is 45.0 Å². The van der Waals surface area contributed by atoms with Gasteiger partial charge in [0, 0.05) is 26.7 Å². The Labute approximate surface area is 161 Å². The average Bonchev–Trinajstić information content (AvgIpc) is 3.18. The molecule has 1 aliphatic rings. The molecule has 0 saturated carbocycles. The number of rotatable bonds is 6. The van der Waals surface area contributed by atoms with Gasteiger partial charge in [0.2, 0.25) is 0 Å². The maximum absolute atomic E-state index is 6.05. The van der Waals surface area contributed by atoms with Gasteiger partial charge in [0.15, 0.2) is 5.96 Å². The van der Waals surface area contributed by atoms with Gasteiger partial charge in [-0.2, -0.15) is 0 Å². The number of hydrogen-bond donors (Lipinski definition) is 1. The van der Waals surface area contributed by atoms with Crippen LogP contribution in [-0.2, 0) is 11.3 Å². The number of nitrogens with zero attached hydrogens (tertiary/aromatic N) is 5. The van der Waals surface area contributed by atoms with Crippen molar-refractivity contribution in [1.82, 2.24) is 25.0 Å². The number of aromatic nitrogens is 3. The van der Waals surface area contributed by atoms with Crippen molar-refractivity contribution in [3.63, 3.8) is 0 Å². The SMILES string of the molecule is CN=C(NCCCCn1cnnc1)N1CCOC(c2ccc(C)cc2C)C1. The minimum atomic E-state index is 0.0895. The second-order valence-electron chi connectivity index (χ2n) is 7.05. The molecular weight excluding hydrogens is 340 g/mol. The molecule has 1 aromatic heterocycles. The fourth-order valence-electron chi connectivity index (χ4n) is 3.51. The number of hydrogen-bond acceptors (Lipinski definition) is 4. The van der Waals surface area contributed by atoms with E-state index in [1.54, 1.807) is 12.7 Å². The van der Waals surface area contributed by atoms with Gasteiger partial charge in [0.25, 0.3) is 0 Å². The van der Waals surface area contributed by atoms with Crippen LogP contribution in [-0.4, -0.2) is 58.9 Å². The molecule has 0 bridgehead atoms. The van der Waals surface area contributed by atoms with Gasteiger partial charge >= 0.3 is 0 Å². The normalized spacial score (nSPS) is 18.0. The molecule has 7 heteroatoms. The molecule has 3 rings (SSSR count). The molecule has 0 amide bonds. The zero-order valence-electron chi connectivity index (χ0n) is 16.6. The van der Waals surface area contributed by atoms with Crippen molar-refractivity contribution >= 4 is 5.96 Å². The highest BCUT2D eigenvalue weighted by atomic mass is 16.5. The minimum Gasteiger partial charge on any atom is -0.370 e. The zero-order valence-corrected chi connectivity index (χ0v) is 16.6. The van der Waals surface area contributed by atoms with E-state index in [1.807, 2.05) is 11.6 Å². The first-order valence-electron chi connectivity index (χ1n) is 9.64. The lowest BCUT2D eigenvalue weighted by atomic mass is 10.00. The predicted molar refractivity (Wildman–Crippen MR) is 107 cm³/mol. The third-order valence-electron chi connectivity index (χ3n) is 4.94. The summed E-state index contributed by atoms with van der Waals surface area (Å²) < 4.78 is 8.06. The smallest absolute Gasteiger partial charge is 0.193 e. The summed E-state index contributed by atoms with van der Waals surface area (Å²) in [5.41, 5.74) is 3.85. The number of nitrogens with one attached hydrogen (secondary N) is 1. The highest BCUT2D eigenvalue weighted by Crippen LogP contribution is 2.25. The largest absolute Gasteiger partial charge is 0.370 e. The second kappa shape index (κ2) is 9.50. The molecule has 0 radical (unpaired) electrons. The molecule has 0 spiro atoms. The standard InChI is InChI=1S/C20H30N6O/c1-16-6-7-18(17(2)12-16)19-13-26(10-11-27-19)20(21-3)22-8-4-5-9-25-14-23-24-15-25/h6-7,12,14-15,19H,4-5,8-11,13H2,1-3H3,(H,21,22). The summed E-state index contributed by atoms with van der Waals surface area (Å²) in [5.74, 6) is 0.956. The third-order valence-corrected chi connectivity index (χ3v) is 4.94. The Morgan fingerprint density at radius 2 is 2.07 bits per heavy atom. The molecule has 0 aliphatic carbocycles. The molecule has 1 aromatic carbocycles. The molecule has 2 aromatic rings. The molecule has 7 nitrogen and oxygen atoms in total. The molecule has 1 atom stereocenters. The number of benzene rings is 1. The second-order valence-corrected chi connectivity index (χ2v) is 7.05. The van der Waals surface area contributed by atoms with Crippen molar-refractivity contribution in [2.75, 3.05) is 33.3 Å². The summed E-state index contributed by atoms with van der Waals surface area (Å²) in [6, 6.07) is 6.58. The first-order chi connectivity index (χ1) is 13.2. The highest BCUT2D eigenvalue weighted by molar-refractivity contribution is 5.80. The molecule has 1 aliphatic heterocycles. The van der Waals surface area contributed by atoms with Gasteiger partial charge < -0.3 is 19.5 Å². The molecule has 1 N–H and O–H groups in total. The van der Waals surface area contributed by atoms with Crippen LogP contribution in [0.1, 0.15) is 35.6 Å². The highest BCUT2D eigenvalue weighted by Gasteiger charge is 2.25. The fraction of sp³-hybridized carbons (Fsp3) is 0.550. The van der Waals surface area contributed by atoms with Crippen LogP contribution in [0.3, 0.4) is 0 Å². The summed E-state index contributed by atoms with van der Waals surface area (Å²) in [7, 11) is 1.85. The lowest BCUT2D eigenvalue weighted by Crippen LogP contribution is -2.48. The van der Waals surface area contributed by atoms with Gasteiger partial charge in [-0.1, -0.05) is 23.8 Å². The van der Waals surface area contributed by atoms with Crippen molar-refractivity contribution in [2.24, 2.45) is 4.99 Å². The zero-order chi connectivity index (χ0) is 19.1. The van der Waals surface area contributed by atoms with Crippen LogP contribution in [0, 0.1) is 13.8 Å². The van der Waals surface area contributed by atoms with Crippen LogP contribution in [0.5, 0.6) is 0 Å². The number of morpholine rings is 1. The maximum atomic E-state index is 6.05. The van der Waals surface area contributed by atoms with E-state index in [-0.39, 0.29) is 6.10 Å². The summed E-state index contributed by atoms with van der Waals surface area (Å²) in [5, 5.41) is 11.1. The molecule has 27 heavy (non-hydrogen) atoms. The Balaban J connectivity index is 1.49. The number of aryl methyl sites for hydroxylation is 3. The monoisotopic (exact) mass is 370 g/mol. The molecule has 1 fully saturated rings. The molecule has 146 valence electrons. The van der Waals surface area contributed by atoms with Crippen LogP contribution in [0.15, 0.2) is 35.8 Å². The van der Waals surface area contributed by atoms with E-state index in [2.05, 4.69) is 57.5 Å². The Kier molecular flexibility index (Phi) is 6.81. The van der Waals surface area contributed by atoms with Crippen molar-refractivity contribution in [2.45, 2.75) is 39.3 Å². The van der Waals surface area contributed by atoms with Crippen LogP contribution >= 0.6 is 0 Å². The lowest BCUT2D eigenvalue weighted by Gasteiger charge is -2.35. The van der Waals surface area contributed by atoms with Gasteiger partial charge in [-0.25, -0.2) is 0 Å². The third kappa shape index (κ3) is 5.29. The lowest BCUT2D eigenvalue weighted by molar-refractivity contribution is -0.00831. The average molecular weight is 371 g/mol. The Bertz CT molecular complexity index is 743. The van der Waals surface area contributed by atoms with E-state index in [9.17, 15) is 0 Å². The maximum Gasteiger partial charge on any atom is 0.193 e. The van der Waals surface area contributed by atoms with E-state index < -0.39 is 0 Å². The van der Waals surface area contributed by atoms with E-state index >= 15 is 0 Å². The topological polar surface area (TPSA) is 67.6 Å². The number of guanidine groups is 1. The van der Waals surface area contributed by atoms with E-state index in [4.69, 9.17) is 4.74 Å². The Morgan fingerprint density at radius 1 is 1.26 bits per heavy atom. The van der Waals surface area contributed by atoms with Crippen molar-refractivity contribution in [3.05, 3.63) is 47.5 Å². The summed E-state index contributed by atoms with van der Waals surface area (Å²) in [6.07, 6.45) is 5.76. The van der Waals surface area contributed by atoms with Gasteiger partial charge in [-0.05, 0) is 37.8 Å². The summed E-state index contributed by atoms with van der Waals surface area (Å²) >= 11 is 0. The number of ether oxygens (including phenoxy) is 1. The van der Waals surface area contributed by atoms with Crippen LogP contribution < -0.4 is 5.32 Å². The Hall–Kier alpha value is -2.41. The van der Waals surface area contributed by atoms with Crippen molar-refractivity contribution in [1.29, 1.82) is 0 Å². The van der Waals surface area contributed by atoms with E-state index in [1.165, 1.54) is 16.7 Å². The molecule has 1 unspecified atom stereocenters. The molecule has 2 heterocycles. The quantitative estimate of drug-likeness (QED) is 0.480. The van der Waals surface area contributed by atoms with Crippen LogP contribution in [0.25, 0.3) is 0 Å². The fourth-order valence-corrected chi connectivity index (χ4v) is 3.51. The van der Waals surface area contributed by atoms with Gasteiger partial charge in [-0.3, -0.25) is 4.99 Å². The minimum absolute atomic E-state index is 0.0895. The van der Waals surface area contributed by atoms with E-state index in [0.29, 0.717) is 6.61 Å². The Morgan fingerprint density at radius 3 is 2.81 bits per heavy atom. The van der Waals surface area contributed by atoms with Crippen molar-refractivity contribution in [3.8, 4) is 0 Å². The predicted octanol–water partition coefficient (Wildman–Crippen LogP) is 2.32. The van der Waals surface area contributed by atoms with Crippen molar-refractivity contribution < 1.29 is 4.74 Å². The van der Waals surface area contributed by atoms with Crippen LogP contribution in [0.2, 0.25) is 0 Å². The first-order valence-corrected chi connectivity index (χ1v) is 9.64. The van der Waals surface area contributed by atoms with Gasteiger partial charge in [0.1, 0.15) is 18.8 Å². The van der Waals surface area contributed by atoms with Gasteiger partial charge in [-0.15, -0.1) is 10.2 Å². The molecule has 1 saturated heterocycles.